The first-order valence-corrected chi connectivity index (χ1v) is 4.79. The summed E-state index contributed by atoms with van der Waals surface area (Å²) in [4.78, 5) is 3.85. The molecule has 0 unspecified atom stereocenters. The van der Waals surface area contributed by atoms with Crippen LogP contribution in [0, 0.1) is 9.39 Å². The van der Waals surface area contributed by atoms with Crippen molar-refractivity contribution in [2.24, 2.45) is 0 Å². The lowest BCUT2D eigenvalue weighted by molar-refractivity contribution is 0.434. The smallest absolute Gasteiger partial charge is 0.200 e. The number of nitrogen functional groups attached to an aromatic ring is 1. The highest BCUT2D eigenvalue weighted by atomic mass is 127. The van der Waals surface area contributed by atoms with Crippen molar-refractivity contribution in [3.05, 3.63) is 27.7 Å². The second kappa shape index (κ2) is 3.52. The van der Waals surface area contributed by atoms with E-state index in [4.69, 9.17) is 10.3 Å². The van der Waals surface area contributed by atoms with Gasteiger partial charge in [0.1, 0.15) is 15.1 Å². The molecule has 0 aliphatic rings. The van der Waals surface area contributed by atoms with E-state index in [0.717, 1.165) is 6.20 Å². The molecule has 0 atom stereocenters. The highest BCUT2D eigenvalue weighted by Crippen LogP contribution is 2.27. The Morgan fingerprint density at radius 1 is 1.43 bits per heavy atom. The lowest BCUT2D eigenvalue weighted by Crippen LogP contribution is -1.87. The third-order valence-electron chi connectivity index (χ3n) is 1.62. The number of anilines is 1. The molecule has 0 saturated heterocycles. The van der Waals surface area contributed by atoms with Crippen LogP contribution in [0.1, 0.15) is 0 Å². The van der Waals surface area contributed by atoms with Crippen LogP contribution in [-0.2, 0) is 0 Å². The van der Waals surface area contributed by atoms with Gasteiger partial charge in [0.05, 0.1) is 6.20 Å². The molecule has 6 heteroatoms. The van der Waals surface area contributed by atoms with Crippen molar-refractivity contribution < 1.29 is 8.91 Å². The van der Waals surface area contributed by atoms with Crippen molar-refractivity contribution in [1.29, 1.82) is 0 Å². The van der Waals surface area contributed by atoms with E-state index in [1.807, 2.05) is 22.6 Å². The number of pyridine rings is 1. The monoisotopic (exact) mass is 305 g/mol. The number of aromatic nitrogens is 2. The Bertz CT molecular complexity index is 454. The van der Waals surface area contributed by atoms with Crippen molar-refractivity contribution in [2.45, 2.75) is 0 Å². The fourth-order valence-electron chi connectivity index (χ4n) is 0.961. The van der Waals surface area contributed by atoms with Crippen molar-refractivity contribution >= 4 is 28.4 Å². The minimum absolute atomic E-state index is 0.312. The lowest BCUT2D eigenvalue weighted by atomic mass is 10.3. The van der Waals surface area contributed by atoms with Gasteiger partial charge in [-0.25, -0.2) is 9.37 Å². The molecule has 0 aliphatic carbocycles. The Labute approximate surface area is 92.4 Å². The Morgan fingerprint density at radius 3 is 2.71 bits per heavy atom. The molecule has 72 valence electrons. The van der Waals surface area contributed by atoms with Crippen LogP contribution in [0.3, 0.4) is 0 Å². The van der Waals surface area contributed by atoms with Gasteiger partial charge >= 0.3 is 0 Å². The summed E-state index contributed by atoms with van der Waals surface area (Å²) in [5, 5.41) is 3.58. The largest absolute Gasteiger partial charge is 0.380 e. The normalized spacial score (nSPS) is 10.4. The van der Waals surface area contributed by atoms with E-state index in [9.17, 15) is 4.39 Å². The van der Waals surface area contributed by atoms with Crippen LogP contribution in [0.2, 0.25) is 0 Å². The van der Waals surface area contributed by atoms with Gasteiger partial charge in [-0.3, -0.25) is 0 Å². The van der Waals surface area contributed by atoms with E-state index >= 15 is 0 Å². The van der Waals surface area contributed by atoms with E-state index in [1.54, 1.807) is 0 Å². The van der Waals surface area contributed by atoms with Gasteiger partial charge in [0.15, 0.2) is 5.82 Å². The molecule has 4 nitrogen and oxygen atoms in total. The highest BCUT2D eigenvalue weighted by molar-refractivity contribution is 14.1. The first-order valence-electron chi connectivity index (χ1n) is 3.71. The number of hydrogen-bond acceptors (Lipinski definition) is 4. The molecule has 0 aromatic carbocycles. The molecule has 0 aliphatic heterocycles. The zero-order chi connectivity index (χ0) is 10.1. The van der Waals surface area contributed by atoms with E-state index in [-0.39, 0.29) is 0 Å². The number of nitrogens with zero attached hydrogens (tertiary/aromatic N) is 2. The molecule has 2 N–H and O–H groups in total. The van der Waals surface area contributed by atoms with Crippen LogP contribution in [0.5, 0.6) is 0 Å². The molecule has 0 radical (unpaired) electrons. The van der Waals surface area contributed by atoms with Gasteiger partial charge in [-0.1, -0.05) is 5.16 Å². The van der Waals surface area contributed by atoms with Gasteiger partial charge in [0, 0.05) is 0 Å². The van der Waals surface area contributed by atoms with E-state index in [2.05, 4.69) is 10.1 Å². The number of nitrogens with two attached hydrogens (primary N) is 1. The molecule has 0 spiro atoms. The maximum Gasteiger partial charge on any atom is 0.200 e. The number of halogens is 2. The fourth-order valence-corrected chi connectivity index (χ4v) is 1.43. The minimum Gasteiger partial charge on any atom is -0.380 e. The SMILES string of the molecule is Nc1noc(-c2ccc(F)cn2)c1I. The van der Waals surface area contributed by atoms with Crippen LogP contribution in [0.15, 0.2) is 22.9 Å². The average molecular weight is 305 g/mol. The van der Waals surface area contributed by atoms with Crippen LogP contribution in [0.25, 0.3) is 11.5 Å². The molecule has 2 aromatic rings. The molecule has 2 aromatic heterocycles. The van der Waals surface area contributed by atoms with Gasteiger partial charge in [0.25, 0.3) is 0 Å². The summed E-state index contributed by atoms with van der Waals surface area (Å²) in [5.74, 6) is 0.381. The van der Waals surface area contributed by atoms with Gasteiger partial charge in [-0.15, -0.1) is 0 Å². The molecular weight excluding hydrogens is 300 g/mol. The molecule has 0 amide bonds. The molecular formula is C8H5FIN3O. The van der Waals surface area contributed by atoms with Crippen LogP contribution in [0.4, 0.5) is 10.2 Å². The van der Waals surface area contributed by atoms with Gasteiger partial charge in [0.2, 0.25) is 5.76 Å². The summed E-state index contributed by atoms with van der Waals surface area (Å²) in [6, 6.07) is 2.81. The van der Waals surface area contributed by atoms with Gasteiger partial charge in [-0.05, 0) is 34.7 Å². The Kier molecular flexibility index (Phi) is 2.36. The second-order valence-corrected chi connectivity index (χ2v) is 3.65. The summed E-state index contributed by atoms with van der Waals surface area (Å²) in [6.07, 6.45) is 1.12. The molecule has 14 heavy (non-hydrogen) atoms. The summed E-state index contributed by atoms with van der Waals surface area (Å²) in [5.41, 5.74) is 6.01. The van der Waals surface area contributed by atoms with E-state index < -0.39 is 5.82 Å². The third kappa shape index (κ3) is 1.57. The number of hydrogen-bond donors (Lipinski definition) is 1. The van der Waals surface area contributed by atoms with Crippen LogP contribution < -0.4 is 5.73 Å². The van der Waals surface area contributed by atoms with E-state index in [0.29, 0.717) is 20.8 Å². The Balaban J connectivity index is 2.49. The van der Waals surface area contributed by atoms with Crippen molar-refractivity contribution in [3.8, 4) is 11.5 Å². The summed E-state index contributed by atoms with van der Waals surface area (Å²) in [7, 11) is 0. The van der Waals surface area contributed by atoms with Crippen molar-refractivity contribution in [3.63, 3.8) is 0 Å². The molecule has 2 heterocycles. The maximum absolute atomic E-state index is 12.6. The Hall–Kier alpha value is -1.18. The molecule has 2 rings (SSSR count). The van der Waals surface area contributed by atoms with Gasteiger partial charge < -0.3 is 10.3 Å². The minimum atomic E-state index is -0.392. The summed E-state index contributed by atoms with van der Waals surface area (Å²) in [6.45, 7) is 0. The fraction of sp³-hybridized carbons (Fsp3) is 0. The summed E-state index contributed by atoms with van der Waals surface area (Å²) >= 11 is 2.00. The lowest BCUT2D eigenvalue weighted by Gasteiger charge is -1.94. The number of rotatable bonds is 1. The predicted octanol–water partition coefficient (Wildman–Crippen LogP) is 2.06. The average Bonchev–Trinajstić information content (AvgIpc) is 2.50. The van der Waals surface area contributed by atoms with E-state index in [1.165, 1.54) is 12.1 Å². The highest BCUT2D eigenvalue weighted by Gasteiger charge is 2.13. The molecule has 0 bridgehead atoms. The standard InChI is InChI=1S/C8H5FIN3O/c9-4-1-2-5(12-3-4)7-6(10)8(11)13-14-7/h1-3H,(H2,11,13). The zero-order valence-electron chi connectivity index (χ0n) is 6.87. The van der Waals surface area contributed by atoms with Gasteiger partial charge in [-0.2, -0.15) is 0 Å². The first-order chi connectivity index (χ1) is 6.68. The maximum atomic E-state index is 12.6. The van der Waals surface area contributed by atoms with Crippen LogP contribution >= 0.6 is 22.6 Å². The molecule has 0 fully saturated rings. The van der Waals surface area contributed by atoms with Crippen molar-refractivity contribution in [2.75, 3.05) is 5.73 Å². The van der Waals surface area contributed by atoms with Crippen molar-refractivity contribution in [1.82, 2.24) is 10.1 Å². The zero-order valence-corrected chi connectivity index (χ0v) is 9.03. The summed E-state index contributed by atoms with van der Waals surface area (Å²) < 4.78 is 18.2. The first kappa shape index (κ1) is 9.38. The third-order valence-corrected chi connectivity index (χ3v) is 2.66. The Morgan fingerprint density at radius 2 is 2.21 bits per heavy atom. The topological polar surface area (TPSA) is 64.9 Å². The second-order valence-electron chi connectivity index (χ2n) is 2.57. The predicted molar refractivity (Wildman–Crippen MR) is 56.8 cm³/mol. The quantitative estimate of drug-likeness (QED) is 0.819. The molecule has 0 saturated carbocycles. The van der Waals surface area contributed by atoms with Crippen LogP contribution in [-0.4, -0.2) is 10.1 Å².